The van der Waals surface area contributed by atoms with Crippen LogP contribution in [0.5, 0.6) is 11.5 Å². The number of nitrogens with one attached hydrogen (secondary N) is 2. The van der Waals surface area contributed by atoms with E-state index in [0.717, 1.165) is 11.3 Å². The Labute approximate surface area is 158 Å². The quantitative estimate of drug-likeness (QED) is 0.694. The lowest BCUT2D eigenvalue weighted by Gasteiger charge is -2.09. The van der Waals surface area contributed by atoms with Crippen LogP contribution in [0.1, 0.15) is 15.9 Å². The van der Waals surface area contributed by atoms with Gasteiger partial charge in [0.2, 0.25) is 5.91 Å². The van der Waals surface area contributed by atoms with Crippen LogP contribution in [0.4, 0.5) is 5.69 Å². The predicted molar refractivity (Wildman–Crippen MR) is 105 cm³/mol. The molecule has 5 heteroatoms. The average molecular weight is 360 g/mol. The maximum absolute atomic E-state index is 12.0. The molecule has 0 saturated heterocycles. The van der Waals surface area contributed by atoms with Crippen molar-refractivity contribution in [3.05, 3.63) is 90.0 Å². The first-order valence-corrected chi connectivity index (χ1v) is 8.58. The van der Waals surface area contributed by atoms with Gasteiger partial charge in [0.25, 0.3) is 5.91 Å². The highest BCUT2D eigenvalue weighted by molar-refractivity contribution is 5.99. The van der Waals surface area contributed by atoms with Crippen molar-refractivity contribution >= 4 is 17.5 Å². The van der Waals surface area contributed by atoms with Gasteiger partial charge >= 0.3 is 0 Å². The van der Waals surface area contributed by atoms with Crippen LogP contribution in [0.2, 0.25) is 0 Å². The summed E-state index contributed by atoms with van der Waals surface area (Å²) in [6, 6.07) is 23.7. The minimum atomic E-state index is -0.299. The predicted octanol–water partition coefficient (Wildman–Crippen LogP) is 4.16. The summed E-state index contributed by atoms with van der Waals surface area (Å²) in [4.78, 5) is 24.0. The summed E-state index contributed by atoms with van der Waals surface area (Å²) in [6.07, 6.45) is 0. The summed E-state index contributed by atoms with van der Waals surface area (Å²) in [5.74, 6) is 0.837. The summed E-state index contributed by atoms with van der Waals surface area (Å²) in [7, 11) is 0. The second kappa shape index (κ2) is 8.67. The summed E-state index contributed by atoms with van der Waals surface area (Å²) in [5, 5.41) is 5.35. The molecule has 136 valence electrons. The van der Waals surface area contributed by atoms with Crippen molar-refractivity contribution < 1.29 is 14.3 Å². The van der Waals surface area contributed by atoms with E-state index in [2.05, 4.69) is 10.6 Å². The van der Waals surface area contributed by atoms with Gasteiger partial charge in [-0.3, -0.25) is 9.59 Å². The highest BCUT2D eigenvalue weighted by Gasteiger charge is 2.08. The van der Waals surface area contributed by atoms with Crippen LogP contribution in [0.3, 0.4) is 0 Å². The fraction of sp³-hybridized carbons (Fsp3) is 0.0909. The molecule has 3 rings (SSSR count). The van der Waals surface area contributed by atoms with Crippen molar-refractivity contribution in [2.24, 2.45) is 0 Å². The molecule has 0 heterocycles. The van der Waals surface area contributed by atoms with Crippen molar-refractivity contribution in [2.75, 3.05) is 11.9 Å². The summed E-state index contributed by atoms with van der Waals surface area (Å²) in [6.45, 7) is 1.85. The first-order chi connectivity index (χ1) is 13.1. The molecule has 0 radical (unpaired) electrons. The Morgan fingerprint density at radius 1 is 0.815 bits per heavy atom. The van der Waals surface area contributed by atoms with E-state index in [4.69, 9.17) is 4.74 Å². The van der Waals surface area contributed by atoms with Crippen LogP contribution < -0.4 is 15.4 Å². The van der Waals surface area contributed by atoms with Gasteiger partial charge in [-0.1, -0.05) is 35.9 Å². The number of carbonyl (C=O) groups is 2. The minimum Gasteiger partial charge on any atom is -0.457 e. The maximum atomic E-state index is 12.0. The molecule has 3 aromatic carbocycles. The Bertz CT molecular complexity index is 905. The molecule has 0 fully saturated rings. The number of rotatable bonds is 6. The fourth-order valence-electron chi connectivity index (χ4n) is 2.40. The van der Waals surface area contributed by atoms with Gasteiger partial charge in [0.1, 0.15) is 11.5 Å². The number of benzene rings is 3. The lowest BCUT2D eigenvalue weighted by atomic mass is 10.1. The fourth-order valence-corrected chi connectivity index (χ4v) is 2.40. The number of amides is 2. The Morgan fingerprint density at radius 3 is 2.11 bits per heavy atom. The number of para-hydroxylation sites is 1. The standard InChI is InChI=1S/C22H20N2O3/c1-16-7-9-17(10-8-16)22(26)23-15-21(25)24-18-11-13-20(14-12-18)27-19-5-3-2-4-6-19/h2-14H,15H2,1H3,(H,23,26)(H,24,25). The van der Waals surface area contributed by atoms with E-state index < -0.39 is 0 Å². The largest absolute Gasteiger partial charge is 0.457 e. The zero-order chi connectivity index (χ0) is 19.1. The van der Waals surface area contributed by atoms with Crippen LogP contribution in [0.15, 0.2) is 78.9 Å². The van der Waals surface area contributed by atoms with Gasteiger partial charge in [0.05, 0.1) is 6.54 Å². The molecule has 0 aromatic heterocycles. The van der Waals surface area contributed by atoms with Crippen molar-refractivity contribution in [3.8, 4) is 11.5 Å². The van der Waals surface area contributed by atoms with Gasteiger partial charge in [0.15, 0.2) is 0 Å². The molecule has 3 aromatic rings. The molecular formula is C22H20N2O3. The van der Waals surface area contributed by atoms with E-state index in [1.54, 1.807) is 36.4 Å². The Kier molecular flexibility index (Phi) is 5.84. The summed E-state index contributed by atoms with van der Waals surface area (Å²) in [5.41, 5.74) is 2.23. The summed E-state index contributed by atoms with van der Waals surface area (Å²) < 4.78 is 5.70. The zero-order valence-electron chi connectivity index (χ0n) is 14.9. The zero-order valence-corrected chi connectivity index (χ0v) is 14.9. The normalized spacial score (nSPS) is 10.1. The number of ether oxygens (including phenoxy) is 1. The van der Waals surface area contributed by atoms with E-state index in [-0.39, 0.29) is 18.4 Å². The lowest BCUT2D eigenvalue weighted by molar-refractivity contribution is -0.115. The van der Waals surface area contributed by atoms with Gasteiger partial charge < -0.3 is 15.4 Å². The molecule has 0 aliphatic heterocycles. The Hall–Kier alpha value is -3.60. The van der Waals surface area contributed by atoms with Crippen LogP contribution in [0, 0.1) is 6.92 Å². The smallest absolute Gasteiger partial charge is 0.251 e. The van der Waals surface area contributed by atoms with E-state index in [0.29, 0.717) is 17.0 Å². The second-order valence-electron chi connectivity index (χ2n) is 6.04. The molecule has 0 unspecified atom stereocenters. The van der Waals surface area contributed by atoms with E-state index in [1.165, 1.54) is 0 Å². The molecule has 5 nitrogen and oxygen atoms in total. The van der Waals surface area contributed by atoms with Gasteiger partial charge in [-0.05, 0) is 55.5 Å². The van der Waals surface area contributed by atoms with Crippen molar-refractivity contribution in [1.29, 1.82) is 0 Å². The molecule has 0 aliphatic rings. The molecule has 2 amide bonds. The Morgan fingerprint density at radius 2 is 1.44 bits per heavy atom. The number of carbonyl (C=O) groups excluding carboxylic acids is 2. The molecule has 0 aliphatic carbocycles. The maximum Gasteiger partial charge on any atom is 0.251 e. The molecular weight excluding hydrogens is 340 g/mol. The van der Waals surface area contributed by atoms with E-state index >= 15 is 0 Å². The number of hydrogen-bond acceptors (Lipinski definition) is 3. The van der Waals surface area contributed by atoms with Crippen LogP contribution in [0.25, 0.3) is 0 Å². The van der Waals surface area contributed by atoms with Crippen molar-refractivity contribution in [2.45, 2.75) is 6.92 Å². The number of aryl methyl sites for hydroxylation is 1. The van der Waals surface area contributed by atoms with Crippen LogP contribution in [-0.4, -0.2) is 18.4 Å². The van der Waals surface area contributed by atoms with Crippen LogP contribution in [-0.2, 0) is 4.79 Å². The van der Waals surface area contributed by atoms with Gasteiger partial charge in [-0.15, -0.1) is 0 Å². The minimum absolute atomic E-state index is 0.102. The molecule has 0 atom stereocenters. The molecule has 0 bridgehead atoms. The molecule has 0 spiro atoms. The lowest BCUT2D eigenvalue weighted by Crippen LogP contribution is -2.32. The van der Waals surface area contributed by atoms with Crippen molar-refractivity contribution in [3.63, 3.8) is 0 Å². The van der Waals surface area contributed by atoms with Crippen molar-refractivity contribution in [1.82, 2.24) is 5.32 Å². The van der Waals surface area contributed by atoms with E-state index in [9.17, 15) is 9.59 Å². The third-order valence-electron chi connectivity index (χ3n) is 3.84. The monoisotopic (exact) mass is 360 g/mol. The first kappa shape index (κ1) is 18.2. The van der Waals surface area contributed by atoms with Crippen LogP contribution >= 0.6 is 0 Å². The molecule has 2 N–H and O–H groups in total. The molecule has 27 heavy (non-hydrogen) atoms. The average Bonchev–Trinajstić information content (AvgIpc) is 2.69. The highest BCUT2D eigenvalue weighted by Crippen LogP contribution is 2.22. The second-order valence-corrected chi connectivity index (χ2v) is 6.04. The Balaban J connectivity index is 1.49. The first-order valence-electron chi connectivity index (χ1n) is 8.58. The van der Waals surface area contributed by atoms with Gasteiger partial charge in [0, 0.05) is 11.3 Å². The van der Waals surface area contributed by atoms with E-state index in [1.807, 2.05) is 49.4 Å². The summed E-state index contributed by atoms with van der Waals surface area (Å²) >= 11 is 0. The number of anilines is 1. The van der Waals surface area contributed by atoms with Gasteiger partial charge in [-0.25, -0.2) is 0 Å². The highest BCUT2D eigenvalue weighted by atomic mass is 16.5. The van der Waals surface area contributed by atoms with Gasteiger partial charge in [-0.2, -0.15) is 0 Å². The third-order valence-corrected chi connectivity index (χ3v) is 3.84. The third kappa shape index (κ3) is 5.44. The topological polar surface area (TPSA) is 67.4 Å². The SMILES string of the molecule is Cc1ccc(C(=O)NCC(=O)Nc2ccc(Oc3ccccc3)cc2)cc1. The number of hydrogen-bond donors (Lipinski definition) is 2. The molecule has 0 saturated carbocycles.